The molecule has 0 N–H and O–H groups in total. The summed E-state index contributed by atoms with van der Waals surface area (Å²) in [5.74, 6) is 0. The highest BCUT2D eigenvalue weighted by Gasteiger charge is 2.39. The van der Waals surface area contributed by atoms with Crippen molar-refractivity contribution in [3.63, 3.8) is 0 Å². The van der Waals surface area contributed by atoms with Crippen LogP contribution in [0.25, 0.3) is 0 Å². The van der Waals surface area contributed by atoms with E-state index >= 15 is 0 Å². The van der Waals surface area contributed by atoms with Gasteiger partial charge in [0, 0.05) is 4.90 Å². The van der Waals surface area contributed by atoms with Crippen molar-refractivity contribution >= 4 is 12.6 Å². The number of halogens is 6. The highest BCUT2D eigenvalue weighted by Crippen LogP contribution is 2.40. The number of hydrogen-bond acceptors (Lipinski definition) is 1. The molecule has 7 heteroatoms. The van der Waals surface area contributed by atoms with Gasteiger partial charge in [0.2, 0.25) is 0 Å². The van der Waals surface area contributed by atoms with E-state index in [9.17, 15) is 26.3 Å². The second kappa shape index (κ2) is 3.62. The standard InChI is InChI=1S/C8H4F6S/c9-7(10,11)4-2-1-3-5(6(4)15)8(12,13)14/h1-3,15H. The molecule has 0 atom stereocenters. The zero-order valence-electron chi connectivity index (χ0n) is 6.95. The summed E-state index contributed by atoms with van der Waals surface area (Å²) in [7, 11) is 0. The topological polar surface area (TPSA) is 0 Å². The van der Waals surface area contributed by atoms with Crippen molar-refractivity contribution in [3.8, 4) is 0 Å². The van der Waals surface area contributed by atoms with Gasteiger partial charge >= 0.3 is 12.4 Å². The molecule has 0 unspecified atom stereocenters. The molecule has 0 nitrogen and oxygen atoms in total. The summed E-state index contributed by atoms with van der Waals surface area (Å²) in [6.07, 6.45) is -9.67. The summed E-state index contributed by atoms with van der Waals surface area (Å²) in [6, 6.07) is 1.81. The molecule has 0 saturated heterocycles. The number of alkyl halides is 6. The second-order valence-electron chi connectivity index (χ2n) is 2.70. The van der Waals surface area contributed by atoms with Gasteiger partial charge in [-0.3, -0.25) is 0 Å². The SMILES string of the molecule is FC(F)(F)c1cccc(C(F)(F)F)c1S. The lowest BCUT2D eigenvalue weighted by Crippen LogP contribution is -2.12. The van der Waals surface area contributed by atoms with Crippen LogP contribution in [0.3, 0.4) is 0 Å². The van der Waals surface area contributed by atoms with Crippen molar-refractivity contribution in [2.75, 3.05) is 0 Å². The lowest BCUT2D eigenvalue weighted by atomic mass is 10.1. The first kappa shape index (κ1) is 12.2. The van der Waals surface area contributed by atoms with Gasteiger partial charge in [-0.1, -0.05) is 6.07 Å². The Bertz CT molecular complexity index is 332. The summed E-state index contributed by atoms with van der Waals surface area (Å²) in [5.41, 5.74) is -2.78. The molecule has 84 valence electrons. The van der Waals surface area contributed by atoms with Crippen LogP contribution in [0, 0.1) is 0 Å². The van der Waals surface area contributed by atoms with Gasteiger partial charge in [0.05, 0.1) is 11.1 Å². The first-order chi connectivity index (χ1) is 6.64. The van der Waals surface area contributed by atoms with Crippen LogP contribution in [0.15, 0.2) is 23.1 Å². The van der Waals surface area contributed by atoms with E-state index in [2.05, 4.69) is 12.6 Å². The molecule has 0 aliphatic heterocycles. The number of thiol groups is 1. The monoisotopic (exact) mass is 246 g/mol. The number of benzene rings is 1. The Labute approximate surface area is 86.3 Å². The van der Waals surface area contributed by atoms with E-state index in [-0.39, 0.29) is 0 Å². The van der Waals surface area contributed by atoms with E-state index in [1.54, 1.807) is 0 Å². The van der Waals surface area contributed by atoms with E-state index in [4.69, 9.17) is 0 Å². The van der Waals surface area contributed by atoms with Crippen molar-refractivity contribution in [3.05, 3.63) is 29.3 Å². The summed E-state index contributed by atoms with van der Waals surface area (Å²) in [4.78, 5) is -1.10. The second-order valence-corrected chi connectivity index (χ2v) is 3.14. The maximum absolute atomic E-state index is 12.2. The lowest BCUT2D eigenvalue weighted by molar-refractivity contribution is -0.147. The number of hydrogen-bond donors (Lipinski definition) is 1. The first-order valence-electron chi connectivity index (χ1n) is 3.60. The Morgan fingerprint density at radius 3 is 1.40 bits per heavy atom. The predicted molar refractivity (Wildman–Crippen MR) is 43.7 cm³/mol. The van der Waals surface area contributed by atoms with Crippen LogP contribution in [-0.2, 0) is 12.4 Å². The van der Waals surface area contributed by atoms with Gasteiger partial charge in [0.25, 0.3) is 0 Å². The quantitative estimate of drug-likeness (QED) is 0.519. The Morgan fingerprint density at radius 1 is 0.800 bits per heavy atom. The molecule has 0 radical (unpaired) electrons. The van der Waals surface area contributed by atoms with Gasteiger partial charge in [0.1, 0.15) is 0 Å². The minimum absolute atomic E-state index is 0.553. The van der Waals surface area contributed by atoms with E-state index in [1.165, 1.54) is 0 Å². The third kappa shape index (κ3) is 2.58. The van der Waals surface area contributed by atoms with Crippen LogP contribution >= 0.6 is 12.6 Å². The Morgan fingerprint density at radius 2 is 1.13 bits per heavy atom. The molecule has 0 heterocycles. The summed E-state index contributed by atoms with van der Waals surface area (Å²) >= 11 is 3.26. The van der Waals surface area contributed by atoms with Crippen molar-refractivity contribution in [1.29, 1.82) is 0 Å². The van der Waals surface area contributed by atoms with Crippen molar-refractivity contribution in [1.82, 2.24) is 0 Å². The molecule has 0 aliphatic rings. The smallest absolute Gasteiger partial charge is 0.166 e. The average Bonchev–Trinajstić information content (AvgIpc) is 1.99. The maximum Gasteiger partial charge on any atom is 0.417 e. The normalized spacial score (nSPS) is 13.0. The Kier molecular flexibility index (Phi) is 2.95. The molecular formula is C8H4F6S. The zero-order chi connectivity index (χ0) is 11.9. The summed E-state index contributed by atoms with van der Waals surface area (Å²) in [5, 5.41) is 0. The summed E-state index contributed by atoms with van der Waals surface area (Å²) in [6.45, 7) is 0. The molecule has 0 saturated carbocycles. The molecule has 1 aromatic rings. The minimum atomic E-state index is -4.83. The molecular weight excluding hydrogens is 242 g/mol. The Balaban J connectivity index is 3.37. The van der Waals surface area contributed by atoms with Gasteiger partial charge < -0.3 is 0 Å². The van der Waals surface area contributed by atoms with Crippen LogP contribution in [0.1, 0.15) is 11.1 Å². The van der Waals surface area contributed by atoms with E-state index in [1.807, 2.05) is 0 Å². The van der Waals surface area contributed by atoms with Crippen LogP contribution in [0.5, 0.6) is 0 Å². The van der Waals surface area contributed by atoms with Crippen LogP contribution in [-0.4, -0.2) is 0 Å². The highest BCUT2D eigenvalue weighted by molar-refractivity contribution is 7.80. The van der Waals surface area contributed by atoms with Crippen molar-refractivity contribution in [2.24, 2.45) is 0 Å². The van der Waals surface area contributed by atoms with Crippen LogP contribution < -0.4 is 0 Å². The largest absolute Gasteiger partial charge is 0.417 e. The third-order valence-corrected chi connectivity index (χ3v) is 2.13. The molecule has 1 rings (SSSR count). The Hall–Kier alpha value is -0.850. The fourth-order valence-electron chi connectivity index (χ4n) is 1.00. The lowest BCUT2D eigenvalue weighted by Gasteiger charge is -2.14. The fraction of sp³-hybridized carbons (Fsp3) is 0.250. The van der Waals surface area contributed by atoms with Crippen molar-refractivity contribution in [2.45, 2.75) is 17.2 Å². The van der Waals surface area contributed by atoms with E-state index in [0.717, 1.165) is 0 Å². The van der Waals surface area contributed by atoms with Crippen LogP contribution in [0.2, 0.25) is 0 Å². The third-order valence-electron chi connectivity index (χ3n) is 1.65. The molecule has 0 aliphatic carbocycles. The average molecular weight is 246 g/mol. The van der Waals surface area contributed by atoms with Crippen LogP contribution in [0.4, 0.5) is 26.3 Å². The van der Waals surface area contributed by atoms with Gasteiger partial charge in [-0.05, 0) is 12.1 Å². The molecule has 1 aromatic carbocycles. The van der Waals surface area contributed by atoms with Crippen molar-refractivity contribution < 1.29 is 26.3 Å². The maximum atomic E-state index is 12.2. The molecule has 0 bridgehead atoms. The van der Waals surface area contributed by atoms with Gasteiger partial charge in [-0.2, -0.15) is 26.3 Å². The zero-order valence-corrected chi connectivity index (χ0v) is 7.84. The highest BCUT2D eigenvalue weighted by atomic mass is 32.1. The number of rotatable bonds is 0. The van der Waals surface area contributed by atoms with Gasteiger partial charge in [0.15, 0.2) is 0 Å². The van der Waals surface area contributed by atoms with Gasteiger partial charge in [-0.25, -0.2) is 0 Å². The minimum Gasteiger partial charge on any atom is -0.166 e. The molecule has 0 fully saturated rings. The van der Waals surface area contributed by atoms with Gasteiger partial charge in [-0.15, -0.1) is 12.6 Å². The molecule has 15 heavy (non-hydrogen) atoms. The first-order valence-corrected chi connectivity index (χ1v) is 4.05. The van der Waals surface area contributed by atoms with E-state index in [0.29, 0.717) is 18.2 Å². The molecule has 0 amide bonds. The summed E-state index contributed by atoms with van der Waals surface area (Å²) < 4.78 is 73.2. The van der Waals surface area contributed by atoms with E-state index < -0.39 is 28.4 Å². The fourth-order valence-corrected chi connectivity index (χ4v) is 1.40. The molecule has 0 spiro atoms. The predicted octanol–water partition coefficient (Wildman–Crippen LogP) is 4.01. The molecule has 0 aromatic heterocycles.